The summed E-state index contributed by atoms with van der Waals surface area (Å²) in [6, 6.07) is 0. The molecule has 10 heteroatoms. The van der Waals surface area contributed by atoms with Gasteiger partial charge in [0.05, 0.1) is 13.2 Å². The summed E-state index contributed by atoms with van der Waals surface area (Å²) in [6.07, 6.45) is 76.6. The monoisotopic (exact) mass is 1130 g/mol. The molecule has 0 heterocycles. The Bertz CT molecular complexity index is 1240. The number of rotatable bonds is 68. The van der Waals surface area contributed by atoms with Gasteiger partial charge < -0.3 is 20.1 Å². The third-order valence-electron chi connectivity index (χ3n) is 16.2. The molecule has 466 valence electrons. The predicted octanol–water partition coefficient (Wildman–Crippen LogP) is 22.6. The topological polar surface area (TPSA) is 134 Å². The highest BCUT2D eigenvalue weighted by atomic mass is 31.2. The Morgan fingerprint density at radius 1 is 0.333 bits per heavy atom. The molecule has 0 aromatic carbocycles. The highest BCUT2D eigenvalue weighted by Crippen LogP contribution is 2.43. The number of hydrogen-bond acceptors (Lipinski definition) is 8. The summed E-state index contributed by atoms with van der Waals surface area (Å²) in [4.78, 5) is 35.2. The maximum atomic E-state index is 12.7. The Kier molecular flexibility index (Phi) is 64.3. The number of carbonyl (C=O) groups excluding carboxylic acids is 2. The van der Waals surface area contributed by atoms with E-state index in [4.69, 9.17) is 24.3 Å². The highest BCUT2D eigenvalue weighted by molar-refractivity contribution is 7.47. The average Bonchev–Trinajstić information content (AvgIpc) is 3.43. The molecule has 3 N–H and O–H groups in total. The third kappa shape index (κ3) is 64.2. The zero-order valence-electron chi connectivity index (χ0n) is 52.5. The summed E-state index contributed by atoms with van der Waals surface area (Å²) in [5, 5.41) is 0. The zero-order chi connectivity index (χ0) is 56.6. The minimum atomic E-state index is -4.38. The lowest BCUT2D eigenvalue weighted by Gasteiger charge is -2.19. The minimum absolute atomic E-state index is 0.0587. The van der Waals surface area contributed by atoms with Crippen LogP contribution in [0, 0.1) is 0 Å². The molecule has 9 nitrogen and oxygen atoms in total. The number of hydrogen-bond donors (Lipinski definition) is 2. The first-order valence-corrected chi connectivity index (χ1v) is 36.5. The molecular formula is C68H136NO8P. The number of phosphoric ester groups is 1. The van der Waals surface area contributed by atoms with E-state index in [1.807, 2.05) is 0 Å². The Hall–Kier alpha value is -0.990. The van der Waals surface area contributed by atoms with Gasteiger partial charge in [0.2, 0.25) is 0 Å². The van der Waals surface area contributed by atoms with Gasteiger partial charge in [-0.05, 0) is 12.8 Å². The lowest BCUT2D eigenvalue weighted by Crippen LogP contribution is -2.29. The summed E-state index contributed by atoms with van der Waals surface area (Å²) < 4.78 is 33.1. The molecule has 0 spiro atoms. The van der Waals surface area contributed by atoms with Gasteiger partial charge in [-0.2, -0.15) is 0 Å². The van der Waals surface area contributed by atoms with Gasteiger partial charge in [-0.3, -0.25) is 18.6 Å². The summed E-state index contributed by atoms with van der Waals surface area (Å²) in [5.74, 6) is -0.800. The van der Waals surface area contributed by atoms with Crippen LogP contribution in [0.1, 0.15) is 393 Å². The second kappa shape index (κ2) is 65.2. The van der Waals surface area contributed by atoms with Crippen molar-refractivity contribution in [3.05, 3.63) is 0 Å². The van der Waals surface area contributed by atoms with Crippen molar-refractivity contribution >= 4 is 19.8 Å². The Balaban J connectivity index is 3.69. The molecule has 0 aliphatic rings. The van der Waals surface area contributed by atoms with Crippen LogP contribution in [0.4, 0.5) is 0 Å². The first kappa shape index (κ1) is 77.0. The van der Waals surface area contributed by atoms with E-state index >= 15 is 0 Å². The van der Waals surface area contributed by atoms with E-state index in [2.05, 4.69) is 13.8 Å². The van der Waals surface area contributed by atoms with Crippen LogP contribution < -0.4 is 5.73 Å². The average molecular weight is 1130 g/mol. The SMILES string of the molecule is CCCCCCCCCCCCCCCCCCCCCCCCCCCCCCCCCCCCCCCCCCC(=O)OC(COC(=O)CCCCCCCCCCCCCCCCCCC)COP(=O)(O)OCCN. The molecule has 0 aromatic heterocycles. The first-order chi connectivity index (χ1) is 38.3. The molecule has 0 bridgehead atoms. The molecule has 0 fully saturated rings. The highest BCUT2D eigenvalue weighted by Gasteiger charge is 2.26. The van der Waals surface area contributed by atoms with Crippen molar-refractivity contribution in [1.29, 1.82) is 0 Å². The van der Waals surface area contributed by atoms with E-state index in [-0.39, 0.29) is 38.6 Å². The van der Waals surface area contributed by atoms with Crippen molar-refractivity contribution in [2.45, 2.75) is 399 Å². The van der Waals surface area contributed by atoms with Crippen LogP contribution in [0.15, 0.2) is 0 Å². The third-order valence-corrected chi connectivity index (χ3v) is 17.2. The van der Waals surface area contributed by atoms with Crippen LogP contribution in [0.25, 0.3) is 0 Å². The van der Waals surface area contributed by atoms with Crippen LogP contribution in [-0.4, -0.2) is 49.3 Å². The largest absolute Gasteiger partial charge is 0.472 e. The van der Waals surface area contributed by atoms with Crippen molar-refractivity contribution < 1.29 is 37.6 Å². The molecular weight excluding hydrogens is 990 g/mol. The zero-order valence-corrected chi connectivity index (χ0v) is 53.3. The van der Waals surface area contributed by atoms with Gasteiger partial charge in [0.25, 0.3) is 0 Å². The molecule has 0 saturated heterocycles. The number of unbranched alkanes of at least 4 members (excludes halogenated alkanes) is 55. The lowest BCUT2D eigenvalue weighted by molar-refractivity contribution is -0.161. The Morgan fingerprint density at radius 2 is 0.551 bits per heavy atom. The van der Waals surface area contributed by atoms with Crippen molar-refractivity contribution in [2.75, 3.05) is 26.4 Å². The maximum Gasteiger partial charge on any atom is 0.472 e. The number of carbonyl (C=O) groups is 2. The van der Waals surface area contributed by atoms with Crippen molar-refractivity contribution in [2.24, 2.45) is 5.73 Å². The number of nitrogens with two attached hydrogens (primary N) is 1. The second-order valence-corrected chi connectivity index (χ2v) is 25.6. The molecule has 2 atom stereocenters. The van der Waals surface area contributed by atoms with Gasteiger partial charge in [0.1, 0.15) is 6.61 Å². The number of esters is 2. The summed E-state index contributed by atoms with van der Waals surface area (Å²) in [6.45, 7) is 3.83. The van der Waals surface area contributed by atoms with Crippen molar-refractivity contribution in [1.82, 2.24) is 0 Å². The summed E-state index contributed by atoms with van der Waals surface area (Å²) in [5.41, 5.74) is 5.39. The van der Waals surface area contributed by atoms with Crippen LogP contribution >= 0.6 is 7.82 Å². The van der Waals surface area contributed by atoms with Gasteiger partial charge in [-0.15, -0.1) is 0 Å². The molecule has 0 aliphatic carbocycles. The van der Waals surface area contributed by atoms with Crippen LogP contribution in [-0.2, 0) is 32.7 Å². The normalized spacial score (nSPS) is 12.8. The van der Waals surface area contributed by atoms with Crippen LogP contribution in [0.2, 0.25) is 0 Å². The minimum Gasteiger partial charge on any atom is -0.462 e. The van der Waals surface area contributed by atoms with E-state index in [1.54, 1.807) is 0 Å². The lowest BCUT2D eigenvalue weighted by atomic mass is 10.0. The maximum absolute atomic E-state index is 12.7. The smallest absolute Gasteiger partial charge is 0.462 e. The molecule has 0 saturated carbocycles. The number of phosphoric acid groups is 1. The predicted molar refractivity (Wildman–Crippen MR) is 335 cm³/mol. The Labute approximate surface area is 486 Å². The van der Waals surface area contributed by atoms with E-state index in [1.165, 1.54) is 327 Å². The van der Waals surface area contributed by atoms with Gasteiger partial charge in [0.15, 0.2) is 6.10 Å². The van der Waals surface area contributed by atoms with Gasteiger partial charge in [-0.1, -0.05) is 367 Å². The molecule has 0 aromatic rings. The molecule has 0 amide bonds. The van der Waals surface area contributed by atoms with Crippen molar-refractivity contribution in [3.8, 4) is 0 Å². The molecule has 0 aliphatic heterocycles. The molecule has 0 radical (unpaired) electrons. The second-order valence-electron chi connectivity index (χ2n) is 24.1. The van der Waals surface area contributed by atoms with Gasteiger partial charge in [-0.25, -0.2) is 4.57 Å². The van der Waals surface area contributed by atoms with Gasteiger partial charge in [0, 0.05) is 19.4 Å². The molecule has 2 unspecified atom stereocenters. The quantitative estimate of drug-likeness (QED) is 0.0347. The fourth-order valence-electron chi connectivity index (χ4n) is 11.1. The summed E-state index contributed by atoms with van der Waals surface area (Å²) >= 11 is 0. The van der Waals surface area contributed by atoms with E-state index in [0.29, 0.717) is 6.42 Å². The first-order valence-electron chi connectivity index (χ1n) is 35.0. The standard InChI is InChI=1S/C68H136NO8P/c1-3-5-7-9-11-13-15-17-19-21-22-23-24-25-26-27-28-29-30-31-32-33-34-35-36-37-38-39-40-41-42-43-45-47-49-51-53-55-57-59-61-68(71)77-66(65-76-78(72,73)75-63-62-69)64-74-67(70)60-58-56-54-52-50-48-46-44-20-18-16-14-12-10-8-6-4-2/h66H,3-65,69H2,1-2H3,(H,72,73). The molecule has 0 rings (SSSR count). The van der Waals surface area contributed by atoms with Crippen LogP contribution in [0.3, 0.4) is 0 Å². The van der Waals surface area contributed by atoms with E-state index in [9.17, 15) is 19.0 Å². The van der Waals surface area contributed by atoms with Crippen molar-refractivity contribution in [3.63, 3.8) is 0 Å². The van der Waals surface area contributed by atoms with Gasteiger partial charge >= 0.3 is 19.8 Å². The van der Waals surface area contributed by atoms with E-state index in [0.717, 1.165) is 32.1 Å². The fourth-order valence-corrected chi connectivity index (χ4v) is 11.8. The Morgan fingerprint density at radius 3 is 0.782 bits per heavy atom. The molecule has 78 heavy (non-hydrogen) atoms. The fraction of sp³-hybridized carbons (Fsp3) is 0.971. The number of ether oxygens (including phenoxy) is 2. The van der Waals surface area contributed by atoms with E-state index < -0.39 is 26.5 Å². The summed E-state index contributed by atoms with van der Waals surface area (Å²) in [7, 11) is -4.38. The van der Waals surface area contributed by atoms with Crippen LogP contribution in [0.5, 0.6) is 0 Å².